The van der Waals surface area contributed by atoms with Gasteiger partial charge in [-0.05, 0) is 56.7 Å². The molecule has 2 aromatic rings. The van der Waals surface area contributed by atoms with Crippen molar-refractivity contribution in [3.63, 3.8) is 0 Å². The molecule has 1 aliphatic heterocycles. The zero-order chi connectivity index (χ0) is 18.8. The van der Waals surface area contributed by atoms with Crippen LogP contribution in [0.5, 0.6) is 0 Å². The van der Waals surface area contributed by atoms with Crippen LogP contribution in [0.3, 0.4) is 0 Å². The molecule has 1 heterocycles. The summed E-state index contributed by atoms with van der Waals surface area (Å²) in [6.07, 6.45) is 0. The van der Waals surface area contributed by atoms with E-state index in [0.29, 0.717) is 0 Å². The largest absolute Gasteiger partial charge is 0.453 e. The van der Waals surface area contributed by atoms with Crippen LogP contribution in [0.4, 0.5) is 11.4 Å². The van der Waals surface area contributed by atoms with Crippen molar-refractivity contribution in [1.82, 2.24) is 4.98 Å². The number of nitrogens with zero attached hydrogens (tertiary/aromatic N) is 3. The van der Waals surface area contributed by atoms with Gasteiger partial charge in [-0.1, -0.05) is 18.2 Å². The molecule has 0 bridgehead atoms. The fourth-order valence-corrected chi connectivity index (χ4v) is 3.29. The molecular weight excluding hydrogens is 334 g/mol. The molecule has 0 unspecified atom stereocenters. The molecule has 2 aliphatic rings. The Morgan fingerprint density at radius 3 is 2.56 bits per heavy atom. The predicted molar refractivity (Wildman–Crippen MR) is 111 cm³/mol. The maximum atomic E-state index is 6.19. The van der Waals surface area contributed by atoms with Gasteiger partial charge in [-0.15, -0.1) is 0 Å². The molecule has 0 atom stereocenters. The highest BCUT2D eigenvalue weighted by molar-refractivity contribution is 5.80. The molecule has 4 heteroatoms. The van der Waals surface area contributed by atoms with E-state index in [4.69, 9.17) is 14.4 Å². The second kappa shape index (κ2) is 7.23. The van der Waals surface area contributed by atoms with Crippen LogP contribution in [0.1, 0.15) is 19.4 Å². The van der Waals surface area contributed by atoms with Gasteiger partial charge in [0.1, 0.15) is 11.2 Å². The zero-order valence-electron chi connectivity index (χ0n) is 15.9. The van der Waals surface area contributed by atoms with Gasteiger partial charge in [-0.3, -0.25) is 0 Å². The smallest absolute Gasteiger partial charge is 0.155 e. The van der Waals surface area contributed by atoms with Gasteiger partial charge in [0, 0.05) is 30.9 Å². The Kier molecular flexibility index (Phi) is 4.63. The van der Waals surface area contributed by atoms with E-state index in [1.807, 2.05) is 42.5 Å². The van der Waals surface area contributed by atoms with Crippen molar-refractivity contribution in [2.45, 2.75) is 20.8 Å². The fourth-order valence-electron chi connectivity index (χ4n) is 3.29. The number of aromatic nitrogens is 1. The van der Waals surface area contributed by atoms with E-state index in [1.165, 1.54) is 0 Å². The molecular formula is C23H23N3O. The van der Waals surface area contributed by atoms with E-state index in [0.717, 1.165) is 57.9 Å². The lowest BCUT2D eigenvalue weighted by atomic mass is 10.2. The van der Waals surface area contributed by atoms with E-state index < -0.39 is 0 Å². The number of fused-ring (bicyclic) bond motifs is 2. The number of aryl methyl sites for hydroxylation is 1. The summed E-state index contributed by atoms with van der Waals surface area (Å²) in [6, 6.07) is 20.2. The van der Waals surface area contributed by atoms with Crippen LogP contribution in [0.25, 0.3) is 22.6 Å². The number of para-hydroxylation sites is 1. The van der Waals surface area contributed by atoms with Crippen molar-refractivity contribution in [3.8, 4) is 11.5 Å². The van der Waals surface area contributed by atoms with E-state index in [9.17, 15) is 0 Å². The van der Waals surface area contributed by atoms with Crippen LogP contribution in [-0.4, -0.2) is 18.1 Å². The van der Waals surface area contributed by atoms with Crippen molar-refractivity contribution in [2.75, 3.05) is 18.0 Å². The van der Waals surface area contributed by atoms with E-state index in [2.05, 4.69) is 43.9 Å². The number of benzene rings is 3. The molecule has 0 N–H and O–H groups in total. The van der Waals surface area contributed by atoms with Gasteiger partial charge in [0.25, 0.3) is 0 Å². The van der Waals surface area contributed by atoms with Crippen LogP contribution < -0.4 is 10.3 Å². The molecule has 0 aromatic heterocycles. The molecule has 4 nitrogen and oxygen atoms in total. The Labute approximate surface area is 159 Å². The lowest BCUT2D eigenvalue weighted by Crippen LogP contribution is -2.21. The molecule has 0 spiro atoms. The first-order valence-corrected chi connectivity index (χ1v) is 9.38. The average Bonchev–Trinajstić information content (AvgIpc) is 2.69. The minimum absolute atomic E-state index is 0.744. The summed E-state index contributed by atoms with van der Waals surface area (Å²) >= 11 is 0. The van der Waals surface area contributed by atoms with Crippen LogP contribution in [0.15, 0.2) is 70.1 Å². The zero-order valence-corrected chi connectivity index (χ0v) is 15.9. The van der Waals surface area contributed by atoms with Crippen molar-refractivity contribution < 1.29 is 4.42 Å². The Bertz CT molecular complexity index is 1130. The molecule has 136 valence electrons. The van der Waals surface area contributed by atoms with Crippen molar-refractivity contribution in [3.05, 3.63) is 71.6 Å². The Hall–Kier alpha value is -3.14. The Balaban J connectivity index is 1.84. The lowest BCUT2D eigenvalue weighted by molar-refractivity contribution is 0.612. The van der Waals surface area contributed by atoms with Gasteiger partial charge < -0.3 is 9.32 Å². The van der Waals surface area contributed by atoms with Crippen LogP contribution >= 0.6 is 0 Å². The average molecular weight is 357 g/mol. The summed E-state index contributed by atoms with van der Waals surface area (Å²) in [5.41, 5.74) is 5.76. The Morgan fingerprint density at radius 1 is 0.963 bits per heavy atom. The summed E-state index contributed by atoms with van der Waals surface area (Å²) < 4.78 is 6.19. The molecule has 4 rings (SSSR count). The van der Waals surface area contributed by atoms with Crippen LogP contribution in [0.2, 0.25) is 0 Å². The first kappa shape index (κ1) is 17.3. The van der Waals surface area contributed by atoms with Gasteiger partial charge in [-0.2, -0.15) is 0 Å². The lowest BCUT2D eigenvalue weighted by Gasteiger charge is -2.21. The van der Waals surface area contributed by atoms with Gasteiger partial charge in [0.15, 0.2) is 11.3 Å². The third kappa shape index (κ3) is 3.43. The van der Waals surface area contributed by atoms with Crippen molar-refractivity contribution in [2.24, 2.45) is 4.99 Å². The second-order valence-electron chi connectivity index (χ2n) is 6.59. The number of rotatable bonds is 4. The number of hydrogen-bond donors (Lipinski definition) is 0. The van der Waals surface area contributed by atoms with Crippen molar-refractivity contribution in [1.29, 1.82) is 0 Å². The minimum atomic E-state index is 0.744. The normalized spacial score (nSPS) is 12.0. The van der Waals surface area contributed by atoms with Crippen LogP contribution in [-0.2, 0) is 0 Å². The second-order valence-corrected chi connectivity index (χ2v) is 6.59. The van der Waals surface area contributed by atoms with Crippen LogP contribution in [0, 0.1) is 6.92 Å². The summed E-state index contributed by atoms with van der Waals surface area (Å²) in [5.74, 6) is 0.744. The number of anilines is 1. The quantitative estimate of drug-likeness (QED) is 0.464. The highest BCUT2D eigenvalue weighted by atomic mass is 16.3. The monoisotopic (exact) mass is 357 g/mol. The highest BCUT2D eigenvalue weighted by Crippen LogP contribution is 2.27. The topological polar surface area (TPSA) is 41.6 Å². The third-order valence-electron chi connectivity index (χ3n) is 4.84. The van der Waals surface area contributed by atoms with Gasteiger partial charge in [-0.25, -0.2) is 9.98 Å². The summed E-state index contributed by atoms with van der Waals surface area (Å²) in [6.45, 7) is 8.30. The third-order valence-corrected chi connectivity index (χ3v) is 4.84. The molecule has 1 aliphatic carbocycles. The first-order valence-electron chi connectivity index (χ1n) is 9.38. The molecule has 0 fully saturated rings. The molecule has 0 radical (unpaired) electrons. The molecule has 2 aromatic carbocycles. The van der Waals surface area contributed by atoms with E-state index in [1.54, 1.807) is 0 Å². The summed E-state index contributed by atoms with van der Waals surface area (Å²) in [5, 5.41) is 0.863. The predicted octanol–water partition coefficient (Wildman–Crippen LogP) is 5.32. The highest BCUT2D eigenvalue weighted by Gasteiger charge is 2.11. The van der Waals surface area contributed by atoms with Gasteiger partial charge in [0.2, 0.25) is 0 Å². The molecule has 27 heavy (non-hydrogen) atoms. The maximum Gasteiger partial charge on any atom is 0.155 e. The molecule has 0 saturated carbocycles. The first-order chi connectivity index (χ1) is 13.2. The SMILES string of the molecule is CCN(CC)c1ccc2nc3ccc(=Nc4ccccc4C)cc-3oc2c1. The molecule has 0 saturated heterocycles. The Morgan fingerprint density at radius 2 is 1.78 bits per heavy atom. The van der Waals surface area contributed by atoms with Crippen molar-refractivity contribution >= 4 is 22.5 Å². The standard InChI is InChI=1S/C23H23N3O/c1-4-26(5-2)18-11-13-21-23(15-18)27-22-14-17(10-12-20(22)25-21)24-19-9-7-6-8-16(19)3/h6-15H,4-5H2,1-3H3. The fraction of sp³-hybridized carbons (Fsp3) is 0.217. The van der Waals surface area contributed by atoms with Gasteiger partial charge in [0.05, 0.1) is 11.0 Å². The summed E-state index contributed by atoms with van der Waals surface area (Å²) in [7, 11) is 0. The minimum Gasteiger partial charge on any atom is -0.453 e. The van der Waals surface area contributed by atoms with E-state index in [-0.39, 0.29) is 0 Å². The molecule has 0 amide bonds. The summed E-state index contributed by atoms with van der Waals surface area (Å²) in [4.78, 5) is 11.8. The van der Waals surface area contributed by atoms with E-state index >= 15 is 0 Å². The maximum absolute atomic E-state index is 6.19. The number of hydrogen-bond acceptors (Lipinski definition) is 4. The van der Waals surface area contributed by atoms with Gasteiger partial charge >= 0.3 is 0 Å².